The Morgan fingerprint density at radius 2 is 1.53 bits per heavy atom. The Bertz CT molecular complexity index is 2050. The maximum absolute atomic E-state index is 14.1. The van der Waals surface area contributed by atoms with Gasteiger partial charge in [-0.25, -0.2) is 0 Å². The first-order chi connectivity index (χ1) is 26.5. The average molecular weight is 756 g/mol. The topological polar surface area (TPSA) is 96.3 Å². The van der Waals surface area contributed by atoms with E-state index in [4.69, 9.17) is 9.08 Å². The zero-order valence-corrected chi connectivity index (χ0v) is 33.8. The van der Waals surface area contributed by atoms with Gasteiger partial charge in [0.15, 0.2) is 0 Å². The van der Waals surface area contributed by atoms with Crippen LogP contribution in [0.25, 0.3) is 16.8 Å². The van der Waals surface area contributed by atoms with E-state index in [2.05, 4.69) is 82.3 Å². The number of hydrogen-bond acceptors (Lipinski definition) is 6. The van der Waals surface area contributed by atoms with Crippen LogP contribution in [0.5, 0.6) is 5.75 Å². The molecule has 1 aliphatic carbocycles. The third-order valence-corrected chi connectivity index (χ3v) is 17.2. The van der Waals surface area contributed by atoms with Gasteiger partial charge in [-0.2, -0.15) is 0 Å². The van der Waals surface area contributed by atoms with Gasteiger partial charge in [0.1, 0.15) is 5.75 Å². The van der Waals surface area contributed by atoms with E-state index in [0.717, 1.165) is 33.9 Å². The standard InChI is InChI=1S/C46H54BNO6Si/c1-6-26-48-44(50)38-28-33(30-53-55(46(3,4)5,34-16-10-8-11-17-34)35-18-12-9-13-19-35)42-39(43(38)45(48)51)29-47(52)54-41(42)25-22-31(7-2)27-32-23-24-40(49)37-21-15-14-20-36(32)37/h8-21,23-24,27,38-39,41,43,49,52H,6-7,22,25-26,28-30H2,1-5H3/b31-27+/t38-,39+,41-,43-/m1/s1. The molecule has 2 N–H and O–H groups in total. The fourth-order valence-corrected chi connectivity index (χ4v) is 14.2. The first-order valence-electron chi connectivity index (χ1n) is 20.0. The molecule has 4 aromatic rings. The molecule has 286 valence electrons. The molecular weight excluding hydrogens is 701 g/mol. The lowest BCUT2D eigenvalue weighted by Crippen LogP contribution is -2.66. The van der Waals surface area contributed by atoms with Gasteiger partial charge in [0.2, 0.25) is 11.8 Å². The van der Waals surface area contributed by atoms with Crippen LogP contribution in [-0.4, -0.2) is 61.5 Å². The zero-order valence-electron chi connectivity index (χ0n) is 32.8. The minimum absolute atomic E-state index is 0.103. The van der Waals surface area contributed by atoms with Gasteiger partial charge in [-0.3, -0.25) is 14.5 Å². The number of aromatic hydroxyl groups is 1. The maximum Gasteiger partial charge on any atom is 0.455 e. The van der Waals surface area contributed by atoms with E-state index in [0.29, 0.717) is 38.8 Å². The normalized spacial score (nSPS) is 22.0. The number of hydrogen-bond donors (Lipinski definition) is 2. The molecule has 0 unspecified atom stereocenters. The Morgan fingerprint density at radius 1 is 0.891 bits per heavy atom. The van der Waals surface area contributed by atoms with Gasteiger partial charge in [-0.05, 0) is 87.9 Å². The molecule has 0 saturated carbocycles. The summed E-state index contributed by atoms with van der Waals surface area (Å²) in [7, 11) is -3.99. The molecule has 4 atom stereocenters. The zero-order chi connectivity index (χ0) is 38.9. The van der Waals surface area contributed by atoms with E-state index in [1.807, 2.05) is 49.4 Å². The van der Waals surface area contributed by atoms with Crippen LogP contribution in [0.4, 0.5) is 0 Å². The molecule has 2 heterocycles. The number of amides is 2. The van der Waals surface area contributed by atoms with Crippen molar-refractivity contribution >= 4 is 54.5 Å². The van der Waals surface area contributed by atoms with Gasteiger partial charge >= 0.3 is 7.12 Å². The minimum Gasteiger partial charge on any atom is -0.507 e. The van der Waals surface area contributed by atoms with E-state index < -0.39 is 33.4 Å². The summed E-state index contributed by atoms with van der Waals surface area (Å²) in [5.41, 5.74) is 4.33. The van der Waals surface area contributed by atoms with Crippen LogP contribution in [0.2, 0.25) is 11.4 Å². The summed E-state index contributed by atoms with van der Waals surface area (Å²) < 4.78 is 14.0. The first kappa shape index (κ1) is 39.0. The second kappa shape index (κ2) is 16.1. The van der Waals surface area contributed by atoms with Crippen LogP contribution in [0.15, 0.2) is 114 Å². The summed E-state index contributed by atoms with van der Waals surface area (Å²) in [5.74, 6) is -1.28. The highest BCUT2D eigenvalue weighted by atomic mass is 28.4. The van der Waals surface area contributed by atoms with Crippen LogP contribution < -0.4 is 10.4 Å². The number of imide groups is 1. The third-order valence-electron chi connectivity index (χ3n) is 12.2. The summed E-state index contributed by atoms with van der Waals surface area (Å²) in [6.45, 7) is 11.6. The predicted octanol–water partition coefficient (Wildman–Crippen LogP) is 7.90. The number of benzene rings is 4. The second-order valence-electron chi connectivity index (χ2n) is 16.5. The number of carbonyl (C=O) groups excluding carboxylic acids is 2. The molecule has 0 spiro atoms. The number of rotatable bonds is 12. The first-order valence-corrected chi connectivity index (χ1v) is 21.9. The molecule has 3 aliphatic rings. The second-order valence-corrected chi connectivity index (χ2v) is 20.8. The van der Waals surface area contributed by atoms with Crippen LogP contribution in [0.1, 0.15) is 72.3 Å². The molecule has 7 rings (SSSR count). The molecule has 55 heavy (non-hydrogen) atoms. The molecule has 2 amide bonds. The highest BCUT2D eigenvalue weighted by Gasteiger charge is 2.58. The number of carbonyl (C=O) groups is 2. The molecule has 2 saturated heterocycles. The van der Waals surface area contributed by atoms with Gasteiger partial charge in [-0.1, -0.05) is 137 Å². The van der Waals surface area contributed by atoms with Crippen molar-refractivity contribution in [2.45, 2.75) is 84.2 Å². The number of allylic oxidation sites excluding steroid dienone is 1. The number of phenolic OH excluding ortho intramolecular Hbond substituents is 1. The Balaban J connectivity index is 1.29. The Labute approximate surface area is 327 Å². The quantitative estimate of drug-likeness (QED) is 0.0868. The largest absolute Gasteiger partial charge is 0.507 e. The molecule has 0 bridgehead atoms. The number of nitrogens with zero attached hydrogens (tertiary/aromatic N) is 1. The van der Waals surface area contributed by atoms with Crippen molar-refractivity contribution in [1.29, 1.82) is 0 Å². The van der Waals surface area contributed by atoms with E-state index in [1.165, 1.54) is 20.8 Å². The highest BCUT2D eigenvalue weighted by Crippen LogP contribution is 2.51. The van der Waals surface area contributed by atoms with Crippen molar-refractivity contribution in [1.82, 2.24) is 4.90 Å². The van der Waals surface area contributed by atoms with Crippen molar-refractivity contribution < 1.29 is 28.8 Å². The van der Waals surface area contributed by atoms with Crippen molar-refractivity contribution in [2.75, 3.05) is 13.2 Å². The van der Waals surface area contributed by atoms with Gasteiger partial charge in [-0.15, -0.1) is 0 Å². The highest BCUT2D eigenvalue weighted by molar-refractivity contribution is 6.99. The van der Waals surface area contributed by atoms with Crippen LogP contribution in [0.3, 0.4) is 0 Å². The van der Waals surface area contributed by atoms with Crippen molar-refractivity contribution in [3.05, 3.63) is 119 Å². The van der Waals surface area contributed by atoms with Crippen LogP contribution >= 0.6 is 0 Å². The molecule has 2 aliphatic heterocycles. The molecule has 2 fully saturated rings. The Kier molecular flexibility index (Phi) is 11.4. The molecule has 0 aromatic heterocycles. The summed E-state index contributed by atoms with van der Waals surface area (Å²) in [4.78, 5) is 29.6. The van der Waals surface area contributed by atoms with Crippen LogP contribution in [0, 0.1) is 17.8 Å². The molecule has 0 radical (unpaired) electrons. The van der Waals surface area contributed by atoms with Crippen molar-refractivity contribution in [2.24, 2.45) is 17.8 Å². The van der Waals surface area contributed by atoms with E-state index in [9.17, 15) is 19.7 Å². The summed E-state index contributed by atoms with van der Waals surface area (Å²) in [6, 6.07) is 32.7. The SMILES string of the molecule is CCCN1C(=O)[C@@H]2[C@@H](CC(CO[Si](c3ccccc3)(c3ccccc3)C(C)(C)C)=C3[C@@H](CC/C(=C/c4ccc(O)c5ccccc45)CC)OB(O)C[C@@H]32)C1=O. The van der Waals surface area contributed by atoms with E-state index in [-0.39, 0.29) is 34.8 Å². The molecular formula is C46H54BNO6Si. The minimum atomic E-state index is -2.94. The number of fused-ring (bicyclic) bond motifs is 4. The summed E-state index contributed by atoms with van der Waals surface area (Å²) >= 11 is 0. The predicted molar refractivity (Wildman–Crippen MR) is 223 cm³/mol. The number of likely N-dealkylation sites (tertiary alicyclic amines) is 1. The van der Waals surface area contributed by atoms with Gasteiger partial charge in [0.25, 0.3) is 8.32 Å². The van der Waals surface area contributed by atoms with E-state index >= 15 is 0 Å². The maximum atomic E-state index is 14.1. The fourth-order valence-electron chi connectivity index (χ4n) is 9.68. The molecule has 9 heteroatoms. The lowest BCUT2D eigenvalue weighted by atomic mass is 9.58. The molecule has 7 nitrogen and oxygen atoms in total. The van der Waals surface area contributed by atoms with Gasteiger partial charge in [0, 0.05) is 11.9 Å². The van der Waals surface area contributed by atoms with Crippen molar-refractivity contribution in [3.63, 3.8) is 0 Å². The third kappa shape index (κ3) is 7.28. The summed E-state index contributed by atoms with van der Waals surface area (Å²) in [5, 5.41) is 25.7. The Hall–Kier alpha value is -4.28. The average Bonchev–Trinajstić information content (AvgIpc) is 3.42. The summed E-state index contributed by atoms with van der Waals surface area (Å²) in [6.07, 6.45) is 5.31. The number of phenols is 1. The molecule has 4 aromatic carbocycles. The van der Waals surface area contributed by atoms with Crippen molar-refractivity contribution in [3.8, 4) is 5.75 Å². The Morgan fingerprint density at radius 3 is 2.15 bits per heavy atom. The smallest absolute Gasteiger partial charge is 0.455 e. The monoisotopic (exact) mass is 755 g/mol. The lowest BCUT2D eigenvalue weighted by Gasteiger charge is -2.46. The van der Waals surface area contributed by atoms with E-state index in [1.54, 1.807) is 6.07 Å². The fraction of sp³-hybridized carbons (Fsp3) is 0.391. The van der Waals surface area contributed by atoms with Gasteiger partial charge in [0.05, 0.1) is 24.5 Å². The van der Waals surface area contributed by atoms with Crippen LogP contribution in [-0.2, 0) is 18.7 Å². The lowest BCUT2D eigenvalue weighted by molar-refractivity contribution is -0.140. The van der Waals surface area contributed by atoms with Gasteiger partial charge < -0.3 is 19.2 Å².